The zero-order valence-electron chi connectivity index (χ0n) is 7.97. The van der Waals surface area contributed by atoms with E-state index in [1.54, 1.807) is 13.8 Å². The summed E-state index contributed by atoms with van der Waals surface area (Å²) in [5.74, 6) is -3.96. The Bertz CT molecular complexity index is 283. The molecule has 1 aromatic rings. The third kappa shape index (κ3) is 1.87. The zero-order chi connectivity index (χ0) is 10.1. The lowest BCUT2D eigenvalue weighted by Crippen LogP contribution is -2.22. The van der Waals surface area contributed by atoms with Gasteiger partial charge in [-0.25, -0.2) is 0 Å². The van der Waals surface area contributed by atoms with Crippen LogP contribution in [-0.2, 0) is 5.92 Å². The van der Waals surface area contributed by atoms with E-state index in [1.165, 1.54) is 13.0 Å². The minimum Gasteiger partial charge on any atom is -0.355 e. The maximum atomic E-state index is 13.4. The summed E-state index contributed by atoms with van der Waals surface area (Å²) >= 11 is 0. The Kier molecular flexibility index (Phi) is 2.68. The first-order valence-electron chi connectivity index (χ1n) is 4.30. The average molecular weight is 189 g/mol. The second-order valence-electron chi connectivity index (χ2n) is 3.26. The van der Waals surface area contributed by atoms with Crippen molar-refractivity contribution in [2.45, 2.75) is 33.1 Å². The number of hydrogen-bond acceptors (Lipinski definition) is 2. The molecule has 1 heterocycles. The van der Waals surface area contributed by atoms with Crippen LogP contribution in [0.25, 0.3) is 0 Å². The summed E-state index contributed by atoms with van der Waals surface area (Å²) in [6.07, 6.45) is 0.409. The lowest BCUT2D eigenvalue weighted by Gasteiger charge is -2.18. The number of halogens is 2. The van der Waals surface area contributed by atoms with E-state index in [4.69, 9.17) is 0 Å². The molecule has 0 bridgehead atoms. The number of hydrogen-bond donors (Lipinski definition) is 0. The van der Waals surface area contributed by atoms with Gasteiger partial charge in [0.25, 0.3) is 0 Å². The molecule has 0 spiro atoms. The van der Waals surface area contributed by atoms with Crippen LogP contribution in [0.15, 0.2) is 10.6 Å². The van der Waals surface area contributed by atoms with E-state index in [9.17, 15) is 8.78 Å². The van der Waals surface area contributed by atoms with Gasteiger partial charge in [0.2, 0.25) is 5.76 Å². The van der Waals surface area contributed by atoms with Gasteiger partial charge in [-0.2, -0.15) is 8.78 Å². The van der Waals surface area contributed by atoms with E-state index in [0.717, 1.165) is 0 Å². The summed E-state index contributed by atoms with van der Waals surface area (Å²) in [6.45, 7) is 4.85. The molecule has 0 aliphatic heterocycles. The normalized spacial score (nSPS) is 14.5. The maximum Gasteiger partial charge on any atom is 0.309 e. The highest BCUT2D eigenvalue weighted by atomic mass is 19.3. The molecule has 4 heteroatoms. The molecule has 0 aromatic carbocycles. The van der Waals surface area contributed by atoms with Crippen LogP contribution in [0.1, 0.15) is 31.7 Å². The average Bonchev–Trinajstić information content (AvgIpc) is 2.50. The molecule has 0 saturated heterocycles. The van der Waals surface area contributed by atoms with E-state index in [0.29, 0.717) is 12.1 Å². The van der Waals surface area contributed by atoms with Gasteiger partial charge in [0.05, 0.1) is 5.69 Å². The van der Waals surface area contributed by atoms with Crippen LogP contribution in [0.4, 0.5) is 8.78 Å². The summed E-state index contributed by atoms with van der Waals surface area (Å²) in [7, 11) is 0. The number of aromatic nitrogens is 1. The Hall–Kier alpha value is -0.930. The van der Waals surface area contributed by atoms with Crippen molar-refractivity contribution in [1.82, 2.24) is 5.16 Å². The van der Waals surface area contributed by atoms with Gasteiger partial charge in [-0.1, -0.05) is 19.0 Å². The zero-order valence-corrected chi connectivity index (χ0v) is 7.97. The molecule has 1 aromatic heterocycles. The van der Waals surface area contributed by atoms with Gasteiger partial charge < -0.3 is 4.52 Å². The predicted octanol–water partition coefficient (Wildman–Crippen LogP) is 3.12. The van der Waals surface area contributed by atoms with Gasteiger partial charge in [0.1, 0.15) is 0 Å². The van der Waals surface area contributed by atoms with Crippen LogP contribution in [0, 0.1) is 12.8 Å². The van der Waals surface area contributed by atoms with Crippen molar-refractivity contribution in [2.24, 2.45) is 5.92 Å². The van der Waals surface area contributed by atoms with Gasteiger partial charge in [0, 0.05) is 12.0 Å². The monoisotopic (exact) mass is 189 g/mol. The second-order valence-corrected chi connectivity index (χ2v) is 3.26. The van der Waals surface area contributed by atoms with Gasteiger partial charge in [-0.3, -0.25) is 0 Å². The second kappa shape index (κ2) is 3.44. The van der Waals surface area contributed by atoms with Crippen molar-refractivity contribution in [3.63, 3.8) is 0 Å². The fraction of sp³-hybridized carbons (Fsp3) is 0.667. The summed E-state index contributed by atoms with van der Waals surface area (Å²) in [6, 6.07) is 1.28. The van der Waals surface area contributed by atoms with E-state index in [2.05, 4.69) is 9.68 Å². The van der Waals surface area contributed by atoms with Crippen LogP contribution in [0.2, 0.25) is 0 Å². The van der Waals surface area contributed by atoms with Crippen molar-refractivity contribution >= 4 is 0 Å². The van der Waals surface area contributed by atoms with E-state index < -0.39 is 11.8 Å². The lowest BCUT2D eigenvalue weighted by molar-refractivity contribution is -0.0810. The number of alkyl halides is 2. The number of nitrogens with zero attached hydrogens (tertiary/aromatic N) is 1. The van der Waals surface area contributed by atoms with Crippen LogP contribution in [-0.4, -0.2) is 5.16 Å². The fourth-order valence-corrected chi connectivity index (χ4v) is 1.02. The summed E-state index contributed by atoms with van der Waals surface area (Å²) in [5.41, 5.74) is 0.484. The first-order valence-corrected chi connectivity index (χ1v) is 4.30. The van der Waals surface area contributed by atoms with Crippen molar-refractivity contribution in [3.8, 4) is 0 Å². The molecule has 0 aliphatic carbocycles. The molecule has 2 nitrogen and oxygen atoms in total. The van der Waals surface area contributed by atoms with Crippen molar-refractivity contribution in [1.29, 1.82) is 0 Å². The molecule has 0 amide bonds. The molecular weight excluding hydrogens is 176 g/mol. The third-order valence-electron chi connectivity index (χ3n) is 2.19. The Morgan fingerprint density at radius 1 is 1.62 bits per heavy atom. The Balaban J connectivity index is 2.92. The summed E-state index contributed by atoms with van der Waals surface area (Å²) in [4.78, 5) is 0. The van der Waals surface area contributed by atoms with Gasteiger partial charge in [-0.05, 0) is 13.3 Å². The topological polar surface area (TPSA) is 26.0 Å². The quantitative estimate of drug-likeness (QED) is 0.730. The highest BCUT2D eigenvalue weighted by Gasteiger charge is 2.41. The molecule has 0 radical (unpaired) electrons. The molecule has 0 N–H and O–H groups in total. The Morgan fingerprint density at radius 3 is 2.62 bits per heavy atom. The molecule has 1 unspecified atom stereocenters. The molecule has 0 fully saturated rings. The van der Waals surface area contributed by atoms with Crippen molar-refractivity contribution in [2.75, 3.05) is 0 Å². The van der Waals surface area contributed by atoms with Crippen molar-refractivity contribution in [3.05, 3.63) is 17.5 Å². The first-order chi connectivity index (χ1) is 5.98. The third-order valence-corrected chi connectivity index (χ3v) is 2.19. The first kappa shape index (κ1) is 10.2. The lowest BCUT2D eigenvalue weighted by atomic mass is 9.99. The van der Waals surface area contributed by atoms with Crippen LogP contribution < -0.4 is 0 Å². The van der Waals surface area contributed by atoms with E-state index in [1.807, 2.05) is 0 Å². The minimum absolute atomic E-state index is 0.334. The molecule has 1 rings (SSSR count). The minimum atomic E-state index is -2.91. The van der Waals surface area contributed by atoms with Crippen LogP contribution in [0.3, 0.4) is 0 Å². The molecule has 13 heavy (non-hydrogen) atoms. The van der Waals surface area contributed by atoms with Crippen molar-refractivity contribution < 1.29 is 13.3 Å². The molecule has 1 atom stereocenters. The largest absolute Gasteiger partial charge is 0.355 e. The highest BCUT2D eigenvalue weighted by Crippen LogP contribution is 2.37. The number of rotatable bonds is 3. The van der Waals surface area contributed by atoms with E-state index >= 15 is 0 Å². The number of aryl methyl sites for hydroxylation is 1. The maximum absolute atomic E-state index is 13.4. The van der Waals surface area contributed by atoms with E-state index in [-0.39, 0.29) is 5.76 Å². The molecule has 74 valence electrons. The smallest absolute Gasteiger partial charge is 0.309 e. The highest BCUT2D eigenvalue weighted by molar-refractivity contribution is 5.09. The Labute approximate surface area is 75.9 Å². The molecule has 0 aliphatic rings. The molecular formula is C9H13F2NO. The predicted molar refractivity (Wildman–Crippen MR) is 44.6 cm³/mol. The standard InChI is InChI=1S/C9H13F2NO/c1-4-6(2)9(10,11)8-5-7(3)12-13-8/h5-6H,4H2,1-3H3. The van der Waals surface area contributed by atoms with Crippen LogP contribution in [0.5, 0.6) is 0 Å². The van der Waals surface area contributed by atoms with Gasteiger partial charge in [-0.15, -0.1) is 0 Å². The van der Waals surface area contributed by atoms with Gasteiger partial charge >= 0.3 is 5.92 Å². The SMILES string of the molecule is CCC(C)C(F)(F)c1cc(C)no1. The van der Waals surface area contributed by atoms with Gasteiger partial charge in [0.15, 0.2) is 0 Å². The summed E-state index contributed by atoms with van der Waals surface area (Å²) in [5, 5.41) is 3.44. The fourth-order valence-electron chi connectivity index (χ4n) is 1.02. The summed E-state index contributed by atoms with van der Waals surface area (Å²) < 4.78 is 31.4. The molecule has 0 saturated carbocycles. The Morgan fingerprint density at radius 2 is 2.23 bits per heavy atom. The van der Waals surface area contributed by atoms with Crippen LogP contribution >= 0.6 is 0 Å².